The molecular formula is C17H20N4O3S. The molecule has 0 radical (unpaired) electrons. The number of urea groups is 1. The first kappa shape index (κ1) is 17.2. The highest BCUT2D eigenvalue weighted by atomic mass is 32.1. The van der Waals surface area contributed by atoms with Gasteiger partial charge in [0.1, 0.15) is 16.9 Å². The van der Waals surface area contributed by atoms with Crippen LogP contribution in [0.2, 0.25) is 0 Å². The Bertz CT molecular complexity index is 805. The highest BCUT2D eigenvalue weighted by molar-refractivity contribution is 7.20. The lowest BCUT2D eigenvalue weighted by Gasteiger charge is -2.16. The minimum absolute atomic E-state index is 0.130. The SMILES string of the molecule is CN1CCC(Oc2ccccc2-c2cc(C(N)=O)c(NC(N)=O)s2)C1. The molecule has 0 aliphatic carbocycles. The summed E-state index contributed by atoms with van der Waals surface area (Å²) < 4.78 is 6.16. The predicted molar refractivity (Wildman–Crippen MR) is 98.0 cm³/mol. The second-order valence-corrected chi connectivity index (χ2v) is 7.05. The fourth-order valence-corrected chi connectivity index (χ4v) is 3.95. The first-order valence-corrected chi connectivity index (χ1v) is 8.70. The fourth-order valence-electron chi connectivity index (χ4n) is 2.85. The summed E-state index contributed by atoms with van der Waals surface area (Å²) in [5.41, 5.74) is 11.7. The molecule has 7 nitrogen and oxygen atoms in total. The van der Waals surface area contributed by atoms with Crippen molar-refractivity contribution in [3.8, 4) is 16.2 Å². The Balaban J connectivity index is 1.93. The van der Waals surface area contributed by atoms with E-state index in [0.717, 1.165) is 35.7 Å². The van der Waals surface area contributed by atoms with E-state index < -0.39 is 11.9 Å². The summed E-state index contributed by atoms with van der Waals surface area (Å²) in [5.74, 6) is 0.118. The number of hydrogen-bond donors (Lipinski definition) is 3. The lowest BCUT2D eigenvalue weighted by molar-refractivity contribution is 0.100. The number of thiophene rings is 1. The standard InChI is InChI=1S/C17H20N4O3S/c1-21-7-6-10(9-21)24-13-5-3-2-4-11(13)14-8-12(15(18)22)16(25-14)20-17(19)23/h2-5,8,10H,6-7,9H2,1H3,(H2,18,22)(H3,19,20,23). The zero-order valence-electron chi connectivity index (χ0n) is 13.8. The molecule has 1 unspecified atom stereocenters. The van der Waals surface area contributed by atoms with Gasteiger partial charge in [0.25, 0.3) is 5.91 Å². The molecule has 132 valence electrons. The number of nitrogens with two attached hydrogens (primary N) is 2. The van der Waals surface area contributed by atoms with Crippen molar-refractivity contribution in [2.24, 2.45) is 11.5 Å². The molecule has 1 aliphatic rings. The molecule has 1 aliphatic heterocycles. The third-order valence-corrected chi connectivity index (χ3v) is 5.11. The number of anilines is 1. The van der Waals surface area contributed by atoms with Crippen LogP contribution in [0.5, 0.6) is 5.75 Å². The average Bonchev–Trinajstić information content (AvgIpc) is 3.14. The van der Waals surface area contributed by atoms with E-state index in [0.29, 0.717) is 5.00 Å². The number of ether oxygens (including phenoxy) is 1. The molecule has 3 rings (SSSR count). The fraction of sp³-hybridized carbons (Fsp3) is 0.294. The number of benzene rings is 1. The van der Waals surface area contributed by atoms with Crippen LogP contribution in [0.1, 0.15) is 16.8 Å². The van der Waals surface area contributed by atoms with Gasteiger partial charge in [-0.15, -0.1) is 11.3 Å². The van der Waals surface area contributed by atoms with Crippen molar-refractivity contribution in [2.75, 3.05) is 25.5 Å². The predicted octanol–water partition coefficient (Wildman–Crippen LogP) is 2.09. The number of carbonyl (C=O) groups is 2. The van der Waals surface area contributed by atoms with E-state index in [2.05, 4.69) is 17.3 Å². The Morgan fingerprint density at radius 1 is 1.32 bits per heavy atom. The van der Waals surface area contributed by atoms with E-state index in [1.807, 2.05) is 24.3 Å². The molecule has 5 N–H and O–H groups in total. The molecule has 0 saturated carbocycles. The summed E-state index contributed by atoms with van der Waals surface area (Å²) in [7, 11) is 2.06. The van der Waals surface area contributed by atoms with Crippen molar-refractivity contribution < 1.29 is 14.3 Å². The molecule has 8 heteroatoms. The van der Waals surface area contributed by atoms with Crippen LogP contribution in [-0.4, -0.2) is 43.1 Å². The number of nitrogens with zero attached hydrogens (tertiary/aromatic N) is 1. The van der Waals surface area contributed by atoms with Crippen LogP contribution in [0, 0.1) is 0 Å². The number of hydrogen-bond acceptors (Lipinski definition) is 5. The number of nitrogens with one attached hydrogen (secondary N) is 1. The van der Waals surface area contributed by atoms with Gasteiger partial charge in [0.15, 0.2) is 0 Å². The maximum Gasteiger partial charge on any atom is 0.317 e. The Hall–Kier alpha value is -2.58. The number of rotatable bonds is 5. The van der Waals surface area contributed by atoms with E-state index in [1.54, 1.807) is 6.07 Å². The van der Waals surface area contributed by atoms with Crippen molar-refractivity contribution in [3.05, 3.63) is 35.9 Å². The zero-order valence-corrected chi connectivity index (χ0v) is 14.6. The lowest BCUT2D eigenvalue weighted by Crippen LogP contribution is -2.21. The number of carbonyl (C=O) groups excluding carboxylic acids is 2. The van der Waals surface area contributed by atoms with E-state index in [9.17, 15) is 9.59 Å². The molecule has 0 spiro atoms. The van der Waals surface area contributed by atoms with Gasteiger partial charge in [-0.25, -0.2) is 4.79 Å². The van der Waals surface area contributed by atoms with E-state index in [4.69, 9.17) is 16.2 Å². The summed E-state index contributed by atoms with van der Waals surface area (Å²) in [6.45, 7) is 1.88. The molecule has 3 amide bonds. The highest BCUT2D eigenvalue weighted by Gasteiger charge is 2.23. The number of likely N-dealkylation sites (tertiary alicyclic amines) is 1. The molecule has 2 aromatic rings. The molecule has 1 fully saturated rings. The number of primary amides is 2. The smallest absolute Gasteiger partial charge is 0.317 e. The van der Waals surface area contributed by atoms with E-state index in [1.165, 1.54) is 11.3 Å². The first-order valence-electron chi connectivity index (χ1n) is 7.88. The summed E-state index contributed by atoms with van der Waals surface area (Å²) in [4.78, 5) is 25.8. The molecular weight excluding hydrogens is 340 g/mol. The Morgan fingerprint density at radius 3 is 2.72 bits per heavy atom. The summed E-state index contributed by atoms with van der Waals surface area (Å²) in [6, 6.07) is 8.53. The highest BCUT2D eigenvalue weighted by Crippen LogP contribution is 2.40. The maximum atomic E-state index is 11.6. The van der Waals surface area contributed by atoms with Gasteiger partial charge in [0.2, 0.25) is 0 Å². The second-order valence-electron chi connectivity index (χ2n) is 5.99. The minimum atomic E-state index is -0.741. The van der Waals surface area contributed by atoms with Crippen LogP contribution in [-0.2, 0) is 0 Å². The molecule has 0 bridgehead atoms. The quantitative estimate of drug-likeness (QED) is 0.758. The van der Waals surface area contributed by atoms with E-state index in [-0.39, 0.29) is 11.7 Å². The van der Waals surface area contributed by atoms with Crippen molar-refractivity contribution >= 4 is 28.3 Å². The summed E-state index contributed by atoms with van der Waals surface area (Å²) in [5, 5.41) is 2.79. The lowest BCUT2D eigenvalue weighted by atomic mass is 10.1. The van der Waals surface area contributed by atoms with Gasteiger partial charge in [-0.2, -0.15) is 0 Å². The van der Waals surface area contributed by atoms with Crippen molar-refractivity contribution in [3.63, 3.8) is 0 Å². The Labute approximate surface area is 149 Å². The van der Waals surface area contributed by atoms with Crippen LogP contribution in [0.3, 0.4) is 0 Å². The van der Waals surface area contributed by atoms with Gasteiger partial charge in [-0.1, -0.05) is 12.1 Å². The minimum Gasteiger partial charge on any atom is -0.488 e. The third kappa shape index (κ3) is 3.92. The summed E-state index contributed by atoms with van der Waals surface area (Å²) in [6.07, 6.45) is 1.10. The van der Waals surface area contributed by atoms with Crippen molar-refractivity contribution in [1.82, 2.24) is 4.90 Å². The van der Waals surface area contributed by atoms with Crippen molar-refractivity contribution in [2.45, 2.75) is 12.5 Å². The van der Waals surface area contributed by atoms with Gasteiger partial charge in [-0.05, 0) is 31.7 Å². The normalized spacial score (nSPS) is 17.4. The maximum absolute atomic E-state index is 11.6. The largest absolute Gasteiger partial charge is 0.488 e. The first-order chi connectivity index (χ1) is 11.9. The third-order valence-electron chi connectivity index (χ3n) is 4.03. The summed E-state index contributed by atoms with van der Waals surface area (Å²) >= 11 is 1.24. The second kappa shape index (κ2) is 7.12. The monoisotopic (exact) mass is 360 g/mol. The Kier molecular flexibility index (Phi) is 4.91. The molecule has 2 heterocycles. The number of likely N-dealkylation sites (N-methyl/N-ethyl adjacent to an activating group) is 1. The van der Waals surface area contributed by atoms with Crippen LogP contribution in [0.15, 0.2) is 30.3 Å². The number of amides is 3. The average molecular weight is 360 g/mol. The zero-order chi connectivity index (χ0) is 18.0. The topological polar surface area (TPSA) is 111 Å². The van der Waals surface area contributed by atoms with Crippen LogP contribution in [0.4, 0.5) is 9.80 Å². The van der Waals surface area contributed by atoms with Crippen LogP contribution < -0.4 is 21.5 Å². The van der Waals surface area contributed by atoms with Gasteiger partial charge >= 0.3 is 6.03 Å². The van der Waals surface area contributed by atoms with Crippen LogP contribution in [0.25, 0.3) is 10.4 Å². The van der Waals surface area contributed by atoms with E-state index >= 15 is 0 Å². The van der Waals surface area contributed by atoms with Gasteiger partial charge in [-0.3, -0.25) is 10.1 Å². The van der Waals surface area contributed by atoms with Gasteiger partial charge in [0.05, 0.1) is 5.56 Å². The van der Waals surface area contributed by atoms with Gasteiger partial charge in [0, 0.05) is 23.5 Å². The van der Waals surface area contributed by atoms with Crippen molar-refractivity contribution in [1.29, 1.82) is 0 Å². The number of para-hydroxylation sites is 1. The molecule has 1 aromatic carbocycles. The van der Waals surface area contributed by atoms with Gasteiger partial charge < -0.3 is 21.1 Å². The Morgan fingerprint density at radius 2 is 2.08 bits per heavy atom. The van der Waals surface area contributed by atoms with Crippen LogP contribution >= 0.6 is 11.3 Å². The molecule has 1 atom stereocenters. The molecule has 25 heavy (non-hydrogen) atoms. The molecule has 1 saturated heterocycles. The molecule has 1 aromatic heterocycles.